The number of nitrogens with zero attached hydrogens (tertiary/aromatic N) is 1. The number of carbonyl (C=O) groups is 3. The van der Waals surface area contributed by atoms with E-state index in [0.29, 0.717) is 0 Å². The molecule has 3 amide bonds. The number of hydrogen-bond donors (Lipinski definition) is 1. The van der Waals surface area contributed by atoms with Crippen molar-refractivity contribution in [1.29, 1.82) is 0 Å². The number of ether oxygens (including phenoxy) is 1. The van der Waals surface area contributed by atoms with Crippen LogP contribution < -0.4 is 5.32 Å². The van der Waals surface area contributed by atoms with Gasteiger partial charge in [0.15, 0.2) is 0 Å². The van der Waals surface area contributed by atoms with Crippen molar-refractivity contribution in [2.45, 2.75) is 38.8 Å². The first kappa shape index (κ1) is 21.4. The average Bonchev–Trinajstić information content (AvgIpc) is 2.84. The lowest BCUT2D eigenvalue weighted by atomic mass is 10.0. The lowest BCUT2D eigenvalue weighted by Crippen LogP contribution is -2.48. The van der Waals surface area contributed by atoms with Crippen LogP contribution in [0.1, 0.15) is 47.1 Å². The molecule has 1 N–H and O–H groups in total. The van der Waals surface area contributed by atoms with Crippen LogP contribution >= 0.6 is 0 Å². The van der Waals surface area contributed by atoms with Gasteiger partial charge < -0.3 is 10.1 Å². The zero-order valence-corrected chi connectivity index (χ0v) is 16.9. The van der Waals surface area contributed by atoms with Crippen molar-refractivity contribution in [2.24, 2.45) is 0 Å². The zero-order chi connectivity index (χ0) is 22.1. The molecule has 158 valence electrons. The highest BCUT2D eigenvalue weighted by Crippen LogP contribution is 2.23. The number of hydrogen-bond acceptors (Lipinski definition) is 4. The normalized spacial score (nSPS) is 14.5. The van der Waals surface area contributed by atoms with Crippen LogP contribution in [0, 0.1) is 11.6 Å². The molecule has 1 aliphatic rings. The fourth-order valence-corrected chi connectivity index (χ4v) is 3.27. The van der Waals surface area contributed by atoms with Gasteiger partial charge in [-0.2, -0.15) is 0 Å². The second-order valence-corrected chi connectivity index (χ2v) is 8.09. The van der Waals surface area contributed by atoms with E-state index in [1.54, 1.807) is 45.0 Å². The smallest absolute Gasteiger partial charge is 0.407 e. The maximum atomic E-state index is 13.6. The van der Waals surface area contributed by atoms with Gasteiger partial charge in [-0.05, 0) is 57.0 Å². The molecule has 0 bridgehead atoms. The van der Waals surface area contributed by atoms with Crippen LogP contribution in [0.2, 0.25) is 0 Å². The first-order valence-corrected chi connectivity index (χ1v) is 9.43. The van der Waals surface area contributed by atoms with E-state index in [2.05, 4.69) is 5.32 Å². The maximum Gasteiger partial charge on any atom is 0.407 e. The first-order valence-electron chi connectivity index (χ1n) is 9.43. The summed E-state index contributed by atoms with van der Waals surface area (Å²) in [7, 11) is 0. The summed E-state index contributed by atoms with van der Waals surface area (Å²) in [5.74, 6) is -2.50. The molecule has 1 heterocycles. The van der Waals surface area contributed by atoms with E-state index >= 15 is 0 Å². The summed E-state index contributed by atoms with van der Waals surface area (Å²) in [5.41, 5.74) is 0.0468. The summed E-state index contributed by atoms with van der Waals surface area (Å²) in [6.07, 6.45) is -0.776. The second kappa shape index (κ2) is 8.22. The van der Waals surface area contributed by atoms with Gasteiger partial charge >= 0.3 is 6.09 Å². The Morgan fingerprint density at radius 3 is 2.07 bits per heavy atom. The molecule has 2 aromatic carbocycles. The quantitative estimate of drug-likeness (QED) is 0.755. The van der Waals surface area contributed by atoms with E-state index in [9.17, 15) is 23.2 Å². The van der Waals surface area contributed by atoms with Gasteiger partial charge in [0.05, 0.1) is 23.7 Å². The van der Waals surface area contributed by atoms with Gasteiger partial charge in [-0.3, -0.25) is 14.5 Å². The van der Waals surface area contributed by atoms with Crippen LogP contribution in [0.25, 0.3) is 0 Å². The first-order chi connectivity index (χ1) is 14.0. The molecule has 3 rings (SSSR count). The molecule has 1 atom stereocenters. The number of nitrogens with one attached hydrogen (secondary N) is 1. The van der Waals surface area contributed by atoms with Crippen LogP contribution in [-0.2, 0) is 11.2 Å². The number of rotatable bonds is 5. The second-order valence-electron chi connectivity index (χ2n) is 8.09. The van der Waals surface area contributed by atoms with Gasteiger partial charge in [0.2, 0.25) is 0 Å². The molecule has 8 heteroatoms. The average molecular weight is 416 g/mol. The highest BCUT2D eigenvalue weighted by molar-refractivity contribution is 6.21. The summed E-state index contributed by atoms with van der Waals surface area (Å²) in [4.78, 5) is 38.6. The predicted octanol–water partition coefficient (Wildman–Crippen LogP) is 3.70. The Kier molecular flexibility index (Phi) is 5.87. The van der Waals surface area contributed by atoms with Crippen molar-refractivity contribution >= 4 is 17.9 Å². The van der Waals surface area contributed by atoms with Crippen LogP contribution in [0.15, 0.2) is 42.5 Å². The summed E-state index contributed by atoms with van der Waals surface area (Å²) in [6.45, 7) is 4.89. The number of benzene rings is 2. The fourth-order valence-electron chi connectivity index (χ4n) is 3.27. The number of halogens is 2. The van der Waals surface area contributed by atoms with Crippen molar-refractivity contribution in [2.75, 3.05) is 6.54 Å². The highest BCUT2D eigenvalue weighted by atomic mass is 19.1. The van der Waals surface area contributed by atoms with Crippen molar-refractivity contribution in [3.63, 3.8) is 0 Å². The van der Waals surface area contributed by atoms with Gasteiger partial charge in [-0.25, -0.2) is 13.6 Å². The third-order valence-electron chi connectivity index (χ3n) is 4.41. The third kappa shape index (κ3) is 5.00. The zero-order valence-electron chi connectivity index (χ0n) is 16.9. The predicted molar refractivity (Wildman–Crippen MR) is 105 cm³/mol. The Bertz CT molecular complexity index is 946. The van der Waals surface area contributed by atoms with Crippen LogP contribution in [0.4, 0.5) is 13.6 Å². The van der Waals surface area contributed by atoms with Crippen molar-refractivity contribution in [1.82, 2.24) is 10.2 Å². The van der Waals surface area contributed by atoms with Crippen LogP contribution in [0.5, 0.6) is 0 Å². The van der Waals surface area contributed by atoms with E-state index in [4.69, 9.17) is 4.74 Å². The SMILES string of the molecule is CC(C)(C)OC(=O)NC(Cc1cc(F)cc(F)c1)CN1C(=O)c2ccccc2C1=O. The monoisotopic (exact) mass is 416 g/mol. The summed E-state index contributed by atoms with van der Waals surface area (Å²) < 4.78 is 32.4. The largest absolute Gasteiger partial charge is 0.444 e. The Hall–Kier alpha value is -3.29. The van der Waals surface area contributed by atoms with Gasteiger partial charge in [-0.15, -0.1) is 0 Å². The molecule has 0 spiro atoms. The van der Waals surface area contributed by atoms with Gasteiger partial charge in [0.25, 0.3) is 11.8 Å². The Labute approximate surface area is 172 Å². The number of fused-ring (bicyclic) bond motifs is 1. The molecule has 0 fully saturated rings. The summed E-state index contributed by atoms with van der Waals surface area (Å²) in [5, 5.41) is 2.60. The molecule has 6 nitrogen and oxygen atoms in total. The fraction of sp³-hybridized carbons (Fsp3) is 0.318. The molecule has 30 heavy (non-hydrogen) atoms. The third-order valence-corrected chi connectivity index (χ3v) is 4.41. The Morgan fingerprint density at radius 2 is 1.57 bits per heavy atom. The lowest BCUT2D eigenvalue weighted by molar-refractivity contribution is 0.0468. The Morgan fingerprint density at radius 1 is 1.03 bits per heavy atom. The van der Waals surface area contributed by atoms with Gasteiger partial charge in [0, 0.05) is 6.07 Å². The minimum Gasteiger partial charge on any atom is -0.444 e. The van der Waals surface area contributed by atoms with Gasteiger partial charge in [0.1, 0.15) is 17.2 Å². The van der Waals surface area contributed by atoms with E-state index in [-0.39, 0.29) is 29.7 Å². The molecule has 1 unspecified atom stereocenters. The molecule has 0 saturated carbocycles. The number of imide groups is 1. The molecular formula is C22H22F2N2O4. The molecule has 0 aromatic heterocycles. The molecular weight excluding hydrogens is 394 g/mol. The lowest BCUT2D eigenvalue weighted by Gasteiger charge is -2.26. The standard InChI is InChI=1S/C22H22F2N2O4/c1-22(2,3)30-21(29)25-16(10-13-8-14(23)11-15(24)9-13)12-26-19(27)17-6-4-5-7-18(17)20(26)28/h4-9,11,16H,10,12H2,1-3H3,(H,25,29). The Balaban J connectivity index is 1.83. The highest BCUT2D eigenvalue weighted by Gasteiger charge is 2.37. The van der Waals surface area contributed by atoms with E-state index < -0.39 is 41.2 Å². The minimum atomic E-state index is -0.816. The molecule has 0 radical (unpaired) electrons. The topological polar surface area (TPSA) is 75.7 Å². The van der Waals surface area contributed by atoms with E-state index in [1.807, 2.05) is 0 Å². The molecule has 0 aliphatic carbocycles. The van der Waals surface area contributed by atoms with Crippen molar-refractivity contribution < 1.29 is 27.9 Å². The number of amides is 3. The number of alkyl carbamates (subject to hydrolysis) is 1. The molecule has 2 aromatic rings. The van der Waals surface area contributed by atoms with Crippen LogP contribution in [0.3, 0.4) is 0 Å². The van der Waals surface area contributed by atoms with E-state index in [0.717, 1.165) is 23.1 Å². The molecule has 1 aliphatic heterocycles. The number of carbonyl (C=O) groups excluding carboxylic acids is 3. The van der Waals surface area contributed by atoms with Gasteiger partial charge in [-0.1, -0.05) is 12.1 Å². The van der Waals surface area contributed by atoms with Crippen LogP contribution in [-0.4, -0.2) is 41.0 Å². The van der Waals surface area contributed by atoms with Crippen molar-refractivity contribution in [3.05, 3.63) is 70.8 Å². The molecule has 0 saturated heterocycles. The van der Waals surface area contributed by atoms with Crippen molar-refractivity contribution in [3.8, 4) is 0 Å². The summed E-state index contributed by atoms with van der Waals surface area (Å²) >= 11 is 0. The summed E-state index contributed by atoms with van der Waals surface area (Å²) in [6, 6.07) is 8.60. The maximum absolute atomic E-state index is 13.6. The van der Waals surface area contributed by atoms with E-state index in [1.165, 1.54) is 0 Å². The minimum absolute atomic E-state index is 0.0126.